The molecule has 0 aliphatic heterocycles. The second-order valence-corrected chi connectivity index (χ2v) is 3.21. The van der Waals surface area contributed by atoms with Gasteiger partial charge in [0, 0.05) is 5.02 Å². The number of hydrazone groups is 1. The fourth-order valence-corrected chi connectivity index (χ4v) is 1.38. The quantitative estimate of drug-likeness (QED) is 0.345. The lowest BCUT2D eigenvalue weighted by molar-refractivity contribution is 1.10. The normalized spacial score (nSPS) is 10.8. The van der Waals surface area contributed by atoms with Crippen LogP contribution in [-0.4, -0.2) is 6.34 Å². The predicted molar refractivity (Wildman–Crippen MR) is 60.2 cm³/mol. The van der Waals surface area contributed by atoms with Crippen molar-refractivity contribution in [3.63, 3.8) is 0 Å². The Morgan fingerprint density at radius 2 is 2.29 bits per heavy atom. The lowest BCUT2D eigenvalue weighted by atomic mass is 10.1. The second-order valence-electron chi connectivity index (χ2n) is 2.80. The molecule has 0 saturated heterocycles. The van der Waals surface area contributed by atoms with E-state index < -0.39 is 0 Å². The molecule has 0 aliphatic carbocycles. The van der Waals surface area contributed by atoms with Crippen LogP contribution in [0.15, 0.2) is 23.3 Å². The van der Waals surface area contributed by atoms with Gasteiger partial charge in [-0.2, -0.15) is 5.10 Å². The minimum absolute atomic E-state index is 0.745. The van der Waals surface area contributed by atoms with E-state index in [4.69, 9.17) is 23.3 Å². The number of hydrazine groups is 1. The highest BCUT2D eigenvalue weighted by Gasteiger charge is 2.02. The molecule has 1 aromatic carbocycles. The SMILES string of the molecule is CCc1cc(N(N)/C=N\N)ccc1Cl. The summed E-state index contributed by atoms with van der Waals surface area (Å²) in [6, 6.07) is 5.52. The van der Waals surface area contributed by atoms with E-state index in [0.717, 1.165) is 22.7 Å². The number of benzene rings is 1. The van der Waals surface area contributed by atoms with Gasteiger partial charge in [-0.25, -0.2) is 5.84 Å². The molecule has 0 saturated carbocycles. The Hall–Kier alpha value is -1.26. The van der Waals surface area contributed by atoms with E-state index in [1.165, 1.54) is 11.3 Å². The van der Waals surface area contributed by atoms with Gasteiger partial charge in [-0.05, 0) is 30.2 Å². The molecular weight excluding hydrogens is 200 g/mol. The van der Waals surface area contributed by atoms with Gasteiger partial charge < -0.3 is 5.84 Å². The maximum atomic E-state index is 5.96. The molecule has 0 radical (unpaired) electrons. The molecule has 0 atom stereocenters. The van der Waals surface area contributed by atoms with Crippen LogP contribution in [0.2, 0.25) is 5.02 Å². The van der Waals surface area contributed by atoms with Crippen molar-refractivity contribution in [2.75, 3.05) is 5.01 Å². The van der Waals surface area contributed by atoms with Gasteiger partial charge in [0.15, 0.2) is 0 Å². The highest BCUT2D eigenvalue weighted by Crippen LogP contribution is 2.21. The lowest BCUT2D eigenvalue weighted by Crippen LogP contribution is -2.29. The summed E-state index contributed by atoms with van der Waals surface area (Å²) in [6.07, 6.45) is 2.20. The minimum Gasteiger partial charge on any atom is -0.322 e. The molecule has 76 valence electrons. The Balaban J connectivity index is 2.99. The molecule has 1 rings (SSSR count). The van der Waals surface area contributed by atoms with Crippen LogP contribution in [0.3, 0.4) is 0 Å². The molecule has 0 unspecified atom stereocenters. The second kappa shape index (κ2) is 4.83. The van der Waals surface area contributed by atoms with E-state index in [0.29, 0.717) is 0 Å². The molecule has 0 spiro atoms. The summed E-state index contributed by atoms with van der Waals surface area (Å²) in [5.41, 5.74) is 1.85. The van der Waals surface area contributed by atoms with Crippen molar-refractivity contribution in [1.29, 1.82) is 0 Å². The van der Waals surface area contributed by atoms with Gasteiger partial charge in [0.05, 0.1) is 5.69 Å². The summed E-state index contributed by atoms with van der Waals surface area (Å²) >= 11 is 5.96. The van der Waals surface area contributed by atoms with Gasteiger partial charge in [0.25, 0.3) is 0 Å². The number of aryl methyl sites for hydroxylation is 1. The van der Waals surface area contributed by atoms with E-state index in [-0.39, 0.29) is 0 Å². The number of hydrogen-bond acceptors (Lipinski definition) is 3. The highest BCUT2D eigenvalue weighted by atomic mass is 35.5. The fourth-order valence-electron chi connectivity index (χ4n) is 1.13. The van der Waals surface area contributed by atoms with E-state index >= 15 is 0 Å². The average Bonchev–Trinajstić information content (AvgIpc) is 2.19. The first-order valence-electron chi connectivity index (χ1n) is 4.24. The third kappa shape index (κ3) is 2.37. The number of nitrogens with zero attached hydrogens (tertiary/aromatic N) is 2. The summed E-state index contributed by atoms with van der Waals surface area (Å²) < 4.78 is 0. The standard InChI is InChI=1S/C9H13ClN4/c1-2-7-5-8(3-4-9(7)10)14(12)6-13-11/h3-6H,2,11-12H2,1H3/b13-6-. The van der Waals surface area contributed by atoms with Crippen molar-refractivity contribution in [2.24, 2.45) is 16.8 Å². The fraction of sp³-hybridized carbons (Fsp3) is 0.222. The molecule has 1 aromatic rings. The van der Waals surface area contributed by atoms with Gasteiger partial charge in [0.1, 0.15) is 6.34 Å². The molecule has 0 aliphatic rings. The van der Waals surface area contributed by atoms with Gasteiger partial charge in [-0.3, -0.25) is 5.01 Å². The Labute approximate surface area is 88.1 Å². The summed E-state index contributed by atoms with van der Waals surface area (Å²) in [6.45, 7) is 2.03. The smallest absolute Gasteiger partial charge is 0.129 e. The molecule has 0 aromatic heterocycles. The molecule has 4 nitrogen and oxygen atoms in total. The molecule has 14 heavy (non-hydrogen) atoms. The molecule has 0 amide bonds. The highest BCUT2D eigenvalue weighted by molar-refractivity contribution is 6.31. The molecular formula is C9H13ClN4. The number of halogens is 1. The van der Waals surface area contributed by atoms with Gasteiger partial charge in [0.2, 0.25) is 0 Å². The number of anilines is 1. The predicted octanol–water partition coefficient (Wildman–Crippen LogP) is 1.48. The van der Waals surface area contributed by atoms with E-state index in [2.05, 4.69) is 5.10 Å². The zero-order chi connectivity index (χ0) is 10.6. The Morgan fingerprint density at radius 3 is 2.86 bits per heavy atom. The number of hydrogen-bond donors (Lipinski definition) is 2. The van der Waals surface area contributed by atoms with Crippen molar-refractivity contribution in [3.8, 4) is 0 Å². The van der Waals surface area contributed by atoms with Gasteiger partial charge in [-0.15, -0.1) is 0 Å². The van der Waals surface area contributed by atoms with Gasteiger partial charge >= 0.3 is 0 Å². The molecule has 5 heteroatoms. The number of nitrogens with two attached hydrogens (primary N) is 2. The van der Waals surface area contributed by atoms with E-state index in [1.54, 1.807) is 6.07 Å². The van der Waals surface area contributed by atoms with Crippen LogP contribution in [-0.2, 0) is 6.42 Å². The minimum atomic E-state index is 0.745. The molecule has 0 bridgehead atoms. The first-order valence-corrected chi connectivity index (χ1v) is 4.62. The van der Waals surface area contributed by atoms with E-state index in [9.17, 15) is 0 Å². The van der Waals surface area contributed by atoms with Crippen molar-refractivity contribution in [1.82, 2.24) is 0 Å². The van der Waals surface area contributed by atoms with Crippen LogP contribution in [0.25, 0.3) is 0 Å². The van der Waals surface area contributed by atoms with E-state index in [1.807, 2.05) is 19.1 Å². The van der Waals surface area contributed by atoms with Crippen LogP contribution in [0.5, 0.6) is 0 Å². The van der Waals surface area contributed by atoms with Crippen molar-refractivity contribution in [3.05, 3.63) is 28.8 Å². The van der Waals surface area contributed by atoms with Crippen LogP contribution >= 0.6 is 11.6 Å². The van der Waals surface area contributed by atoms with Gasteiger partial charge in [-0.1, -0.05) is 18.5 Å². The first-order chi connectivity index (χ1) is 6.69. The Kier molecular flexibility index (Phi) is 3.73. The summed E-state index contributed by atoms with van der Waals surface area (Å²) in [5, 5.41) is 5.42. The largest absolute Gasteiger partial charge is 0.322 e. The first kappa shape index (κ1) is 10.8. The summed E-state index contributed by atoms with van der Waals surface area (Å²) in [4.78, 5) is 0. The number of rotatable bonds is 3. The topological polar surface area (TPSA) is 67.6 Å². The monoisotopic (exact) mass is 212 g/mol. The van der Waals surface area contributed by atoms with Crippen LogP contribution < -0.4 is 16.7 Å². The van der Waals surface area contributed by atoms with Crippen molar-refractivity contribution >= 4 is 23.6 Å². The van der Waals surface area contributed by atoms with Crippen LogP contribution in [0, 0.1) is 0 Å². The van der Waals surface area contributed by atoms with Crippen LogP contribution in [0.1, 0.15) is 12.5 Å². The summed E-state index contributed by atoms with van der Waals surface area (Å²) in [5.74, 6) is 10.6. The van der Waals surface area contributed by atoms with Crippen molar-refractivity contribution < 1.29 is 0 Å². The maximum absolute atomic E-state index is 5.96. The summed E-state index contributed by atoms with van der Waals surface area (Å²) in [7, 11) is 0. The zero-order valence-corrected chi connectivity index (χ0v) is 8.70. The third-order valence-corrected chi connectivity index (χ3v) is 2.27. The zero-order valence-electron chi connectivity index (χ0n) is 7.94. The Morgan fingerprint density at radius 1 is 1.57 bits per heavy atom. The molecule has 4 N–H and O–H groups in total. The van der Waals surface area contributed by atoms with Crippen LogP contribution in [0.4, 0.5) is 5.69 Å². The molecule has 0 fully saturated rings. The Bertz CT molecular complexity index is 338. The van der Waals surface area contributed by atoms with Crippen molar-refractivity contribution in [2.45, 2.75) is 13.3 Å². The third-order valence-electron chi connectivity index (χ3n) is 1.90. The molecule has 0 heterocycles. The average molecular weight is 213 g/mol. The lowest BCUT2D eigenvalue weighted by Gasteiger charge is -2.13. The maximum Gasteiger partial charge on any atom is 0.129 e.